The molecular weight excluding hydrogens is 294 g/mol. The van der Waals surface area contributed by atoms with Gasteiger partial charge in [-0.25, -0.2) is 8.42 Å². The summed E-state index contributed by atoms with van der Waals surface area (Å²) in [6.07, 6.45) is 0. The molecule has 18 heavy (non-hydrogen) atoms. The van der Waals surface area contributed by atoms with Crippen LogP contribution >= 0.6 is 22.9 Å². The molecule has 0 aliphatic rings. The van der Waals surface area contributed by atoms with E-state index in [1.165, 1.54) is 28.8 Å². The normalized spacial score (nSPS) is 12.2. The number of rotatable bonds is 5. The molecule has 2 heterocycles. The Hall–Kier alpha value is -0.820. The van der Waals surface area contributed by atoms with Gasteiger partial charge in [-0.2, -0.15) is 15.6 Å². The Morgan fingerprint density at radius 3 is 2.72 bits per heavy atom. The zero-order valence-corrected chi connectivity index (χ0v) is 12.1. The Kier molecular flexibility index (Phi) is 4.11. The van der Waals surface area contributed by atoms with Gasteiger partial charge in [0.05, 0.1) is 5.88 Å². The predicted molar refractivity (Wildman–Crippen MR) is 71.2 cm³/mol. The van der Waals surface area contributed by atoms with Crippen molar-refractivity contribution in [1.82, 2.24) is 4.31 Å². The highest BCUT2D eigenvalue weighted by Crippen LogP contribution is 2.20. The highest BCUT2D eigenvalue weighted by molar-refractivity contribution is 7.88. The van der Waals surface area contributed by atoms with Crippen molar-refractivity contribution in [2.24, 2.45) is 0 Å². The first-order chi connectivity index (χ1) is 8.54. The van der Waals surface area contributed by atoms with E-state index in [-0.39, 0.29) is 11.0 Å². The molecule has 0 bridgehead atoms. The van der Waals surface area contributed by atoms with Crippen LogP contribution in [0.3, 0.4) is 0 Å². The van der Waals surface area contributed by atoms with E-state index in [1.54, 1.807) is 6.07 Å². The van der Waals surface area contributed by atoms with Crippen LogP contribution in [0.25, 0.3) is 0 Å². The summed E-state index contributed by atoms with van der Waals surface area (Å²) >= 11 is 7.12. The van der Waals surface area contributed by atoms with Gasteiger partial charge in [0.2, 0.25) is 5.09 Å². The molecule has 0 unspecified atom stereocenters. The zero-order chi connectivity index (χ0) is 13.2. The van der Waals surface area contributed by atoms with E-state index in [0.717, 1.165) is 5.56 Å². The molecule has 0 aliphatic heterocycles. The van der Waals surface area contributed by atoms with Gasteiger partial charge in [-0.1, -0.05) is 0 Å². The lowest BCUT2D eigenvalue weighted by atomic mass is 10.3. The number of halogens is 1. The van der Waals surface area contributed by atoms with E-state index in [4.69, 9.17) is 16.0 Å². The van der Waals surface area contributed by atoms with E-state index >= 15 is 0 Å². The molecular formula is C11H12ClNO3S2. The lowest BCUT2D eigenvalue weighted by Gasteiger charge is -2.14. The summed E-state index contributed by atoms with van der Waals surface area (Å²) in [7, 11) is -2.07. The van der Waals surface area contributed by atoms with Crippen LogP contribution in [0.5, 0.6) is 0 Å². The van der Waals surface area contributed by atoms with E-state index in [9.17, 15) is 8.42 Å². The molecule has 0 atom stereocenters. The number of furan rings is 1. The number of hydrogen-bond donors (Lipinski definition) is 0. The quantitative estimate of drug-likeness (QED) is 0.798. The molecule has 2 aromatic heterocycles. The molecule has 98 valence electrons. The molecule has 7 heteroatoms. The second-order valence-corrected chi connectivity index (χ2v) is 6.77. The van der Waals surface area contributed by atoms with Crippen LogP contribution in [-0.4, -0.2) is 19.8 Å². The maximum atomic E-state index is 12.2. The van der Waals surface area contributed by atoms with Gasteiger partial charge in [0, 0.05) is 13.6 Å². The third-order valence-corrected chi connectivity index (χ3v) is 5.09. The summed E-state index contributed by atoms with van der Waals surface area (Å²) in [5.74, 6) is 0.600. The summed E-state index contributed by atoms with van der Waals surface area (Å²) in [5, 5.41) is 3.75. The summed E-state index contributed by atoms with van der Waals surface area (Å²) in [4.78, 5) is 0. The monoisotopic (exact) mass is 305 g/mol. The fourth-order valence-electron chi connectivity index (χ4n) is 1.45. The molecule has 0 radical (unpaired) electrons. The first-order valence-corrected chi connectivity index (χ1v) is 8.08. The summed E-state index contributed by atoms with van der Waals surface area (Å²) in [6.45, 7) is 0.322. The van der Waals surface area contributed by atoms with Crippen molar-refractivity contribution in [3.05, 3.63) is 40.3 Å². The SMILES string of the molecule is CN(Cc1ccsc1)S(=O)(=O)c1ccc(CCl)o1. The number of nitrogens with zero attached hydrogens (tertiary/aromatic N) is 1. The van der Waals surface area contributed by atoms with Gasteiger partial charge in [0.15, 0.2) is 0 Å². The molecule has 0 aromatic carbocycles. The first-order valence-electron chi connectivity index (χ1n) is 5.16. The number of thiophene rings is 1. The van der Waals surface area contributed by atoms with E-state index in [2.05, 4.69) is 0 Å². The van der Waals surface area contributed by atoms with Gasteiger partial charge >= 0.3 is 0 Å². The zero-order valence-electron chi connectivity index (χ0n) is 9.67. The smallest absolute Gasteiger partial charge is 0.276 e. The molecule has 0 spiro atoms. The second-order valence-electron chi connectivity index (χ2n) is 3.75. The van der Waals surface area contributed by atoms with Crippen LogP contribution in [0.2, 0.25) is 0 Å². The van der Waals surface area contributed by atoms with Crippen LogP contribution in [0, 0.1) is 0 Å². The van der Waals surface area contributed by atoms with Gasteiger partial charge in [0.1, 0.15) is 5.76 Å². The Balaban J connectivity index is 2.19. The fraction of sp³-hybridized carbons (Fsp3) is 0.273. The summed E-state index contributed by atoms with van der Waals surface area (Å²) < 4.78 is 30.8. The van der Waals surface area contributed by atoms with Crippen LogP contribution < -0.4 is 0 Å². The van der Waals surface area contributed by atoms with Gasteiger partial charge in [-0.3, -0.25) is 0 Å². The van der Waals surface area contributed by atoms with E-state index in [1.807, 2.05) is 16.8 Å². The Morgan fingerprint density at radius 1 is 1.39 bits per heavy atom. The standard InChI is InChI=1S/C11H12ClNO3S2/c1-13(7-9-4-5-17-8-9)18(14,15)11-3-2-10(6-12)16-11/h2-5,8H,6-7H2,1H3. The van der Waals surface area contributed by atoms with Gasteiger partial charge in [0.25, 0.3) is 10.0 Å². The Morgan fingerprint density at radius 2 is 2.17 bits per heavy atom. The van der Waals surface area contributed by atoms with Crippen LogP contribution in [0.4, 0.5) is 0 Å². The third kappa shape index (κ3) is 2.77. The lowest BCUT2D eigenvalue weighted by Crippen LogP contribution is -2.25. The Bertz CT molecular complexity index is 604. The number of hydrogen-bond acceptors (Lipinski definition) is 4. The van der Waals surface area contributed by atoms with Crippen molar-refractivity contribution < 1.29 is 12.8 Å². The molecule has 0 saturated carbocycles. The highest BCUT2D eigenvalue weighted by atomic mass is 35.5. The lowest BCUT2D eigenvalue weighted by molar-refractivity contribution is 0.393. The number of alkyl halides is 1. The van der Waals surface area contributed by atoms with Crippen molar-refractivity contribution >= 4 is 33.0 Å². The topological polar surface area (TPSA) is 50.5 Å². The second kappa shape index (κ2) is 5.44. The van der Waals surface area contributed by atoms with Crippen LogP contribution in [0.15, 0.2) is 38.5 Å². The van der Waals surface area contributed by atoms with Gasteiger partial charge in [-0.15, -0.1) is 11.6 Å². The van der Waals surface area contributed by atoms with Crippen molar-refractivity contribution in [2.75, 3.05) is 7.05 Å². The summed E-state index contributed by atoms with van der Waals surface area (Å²) in [6, 6.07) is 4.89. The molecule has 0 amide bonds. The average Bonchev–Trinajstić information content (AvgIpc) is 2.99. The minimum absolute atomic E-state index is 0.0733. The van der Waals surface area contributed by atoms with E-state index < -0.39 is 10.0 Å². The van der Waals surface area contributed by atoms with Crippen molar-refractivity contribution in [3.8, 4) is 0 Å². The van der Waals surface area contributed by atoms with Crippen molar-refractivity contribution in [1.29, 1.82) is 0 Å². The molecule has 0 aliphatic carbocycles. The summed E-state index contributed by atoms with van der Waals surface area (Å²) in [5.41, 5.74) is 0.954. The minimum Gasteiger partial charge on any atom is -0.447 e. The third-order valence-electron chi connectivity index (χ3n) is 2.42. The number of sulfonamides is 1. The molecule has 2 rings (SSSR count). The largest absolute Gasteiger partial charge is 0.447 e. The van der Waals surface area contributed by atoms with Gasteiger partial charge < -0.3 is 4.42 Å². The first kappa shape index (κ1) is 13.6. The van der Waals surface area contributed by atoms with Crippen molar-refractivity contribution in [3.63, 3.8) is 0 Å². The van der Waals surface area contributed by atoms with Crippen LogP contribution in [-0.2, 0) is 22.4 Å². The fourth-order valence-corrected chi connectivity index (χ4v) is 3.33. The average molecular weight is 306 g/mol. The molecule has 0 N–H and O–H groups in total. The van der Waals surface area contributed by atoms with E-state index in [0.29, 0.717) is 12.3 Å². The molecule has 0 fully saturated rings. The predicted octanol–water partition coefficient (Wildman–Crippen LogP) is 2.90. The van der Waals surface area contributed by atoms with Crippen molar-refractivity contribution in [2.45, 2.75) is 17.5 Å². The van der Waals surface area contributed by atoms with Gasteiger partial charge in [-0.05, 0) is 34.5 Å². The maximum absolute atomic E-state index is 12.2. The highest BCUT2D eigenvalue weighted by Gasteiger charge is 2.24. The van der Waals surface area contributed by atoms with Crippen LogP contribution in [0.1, 0.15) is 11.3 Å². The molecule has 4 nitrogen and oxygen atoms in total. The molecule has 2 aromatic rings. The maximum Gasteiger partial charge on any atom is 0.276 e. The molecule has 0 saturated heterocycles. The Labute approximate surface area is 115 Å². The minimum atomic E-state index is -3.59.